The highest BCUT2D eigenvalue weighted by atomic mass is 35.5. The Kier molecular flexibility index (Phi) is 4.51. The van der Waals surface area contributed by atoms with Crippen molar-refractivity contribution in [3.63, 3.8) is 0 Å². The van der Waals surface area contributed by atoms with Crippen molar-refractivity contribution in [2.75, 3.05) is 0 Å². The molecule has 0 aliphatic carbocycles. The predicted molar refractivity (Wildman–Crippen MR) is 82.0 cm³/mol. The van der Waals surface area contributed by atoms with Crippen LogP contribution in [0.4, 0.5) is 0 Å². The van der Waals surface area contributed by atoms with E-state index in [1.807, 2.05) is 44.2 Å². The third-order valence-corrected chi connectivity index (χ3v) is 4.02. The minimum atomic E-state index is -0.702. The maximum Gasteiger partial charge on any atom is 0.106 e. The third-order valence-electron chi connectivity index (χ3n) is 3.73. The van der Waals surface area contributed by atoms with Gasteiger partial charge in [0.2, 0.25) is 0 Å². The monoisotopic (exact) mass is 292 g/mol. The van der Waals surface area contributed by atoms with Crippen LogP contribution in [-0.2, 0) is 12.0 Å². The summed E-state index contributed by atoms with van der Waals surface area (Å²) in [5, 5.41) is 15.6. The molecule has 3 nitrogen and oxygen atoms in total. The molecule has 108 valence electrons. The van der Waals surface area contributed by atoms with E-state index in [1.165, 1.54) is 0 Å². The number of aliphatic hydroxyl groups excluding tert-OH is 1. The van der Waals surface area contributed by atoms with Crippen LogP contribution in [0.5, 0.6) is 0 Å². The summed E-state index contributed by atoms with van der Waals surface area (Å²) in [5.74, 6) is 0. The molecule has 2 rings (SSSR count). The lowest BCUT2D eigenvalue weighted by molar-refractivity contribution is 0.0911. The first-order valence-corrected chi connectivity index (χ1v) is 7.31. The molecule has 0 amide bonds. The lowest BCUT2D eigenvalue weighted by atomic mass is 9.78. The Morgan fingerprint density at radius 3 is 2.55 bits per heavy atom. The molecular formula is C16H21ClN2O. The molecule has 0 aliphatic heterocycles. The van der Waals surface area contributed by atoms with Gasteiger partial charge >= 0.3 is 0 Å². The smallest absolute Gasteiger partial charge is 0.106 e. The number of hydrogen-bond acceptors (Lipinski definition) is 2. The molecule has 20 heavy (non-hydrogen) atoms. The van der Waals surface area contributed by atoms with Crippen LogP contribution in [-0.4, -0.2) is 14.9 Å². The summed E-state index contributed by atoms with van der Waals surface area (Å²) in [6.07, 6.45) is 1.85. The second-order valence-corrected chi connectivity index (χ2v) is 6.00. The van der Waals surface area contributed by atoms with Crippen LogP contribution >= 0.6 is 11.6 Å². The van der Waals surface area contributed by atoms with Crippen molar-refractivity contribution in [1.82, 2.24) is 9.78 Å². The number of rotatable bonds is 5. The van der Waals surface area contributed by atoms with Crippen molar-refractivity contribution in [2.24, 2.45) is 0 Å². The first kappa shape index (κ1) is 15.1. The van der Waals surface area contributed by atoms with Crippen molar-refractivity contribution in [1.29, 1.82) is 0 Å². The Labute approximate surface area is 125 Å². The second kappa shape index (κ2) is 5.98. The molecule has 1 heterocycles. The van der Waals surface area contributed by atoms with Crippen LogP contribution < -0.4 is 0 Å². The van der Waals surface area contributed by atoms with Crippen LogP contribution in [0.3, 0.4) is 0 Å². The van der Waals surface area contributed by atoms with Gasteiger partial charge in [0, 0.05) is 12.0 Å². The maximum absolute atomic E-state index is 10.8. The molecule has 0 spiro atoms. The summed E-state index contributed by atoms with van der Waals surface area (Å²) < 4.78 is 1.80. The SMILES string of the molecule is CCCn1ncc(Cl)c1C(O)C(C)(C)c1ccccc1. The highest BCUT2D eigenvalue weighted by Crippen LogP contribution is 2.39. The van der Waals surface area contributed by atoms with E-state index in [1.54, 1.807) is 10.9 Å². The summed E-state index contributed by atoms with van der Waals surface area (Å²) in [7, 11) is 0. The molecule has 0 saturated heterocycles. The number of benzene rings is 1. The Morgan fingerprint density at radius 2 is 1.95 bits per heavy atom. The summed E-state index contributed by atoms with van der Waals surface area (Å²) >= 11 is 6.23. The normalized spacial score (nSPS) is 13.4. The van der Waals surface area contributed by atoms with E-state index in [4.69, 9.17) is 11.6 Å². The molecule has 0 bridgehead atoms. The molecule has 1 unspecified atom stereocenters. The molecule has 1 atom stereocenters. The molecule has 1 aromatic carbocycles. The van der Waals surface area contributed by atoms with E-state index in [0.29, 0.717) is 10.7 Å². The average Bonchev–Trinajstić information content (AvgIpc) is 2.80. The van der Waals surface area contributed by atoms with Gasteiger partial charge in [-0.05, 0) is 12.0 Å². The standard InChI is InChI=1S/C16H21ClN2O/c1-4-10-19-14(13(17)11-18-19)15(20)16(2,3)12-8-6-5-7-9-12/h5-9,11,15,20H,4,10H2,1-3H3. The van der Waals surface area contributed by atoms with E-state index in [0.717, 1.165) is 18.5 Å². The summed E-state index contributed by atoms with van der Waals surface area (Å²) in [4.78, 5) is 0. The van der Waals surface area contributed by atoms with Gasteiger partial charge in [0.05, 0.1) is 16.9 Å². The van der Waals surface area contributed by atoms with Crippen LogP contribution in [0.1, 0.15) is 44.6 Å². The summed E-state index contributed by atoms with van der Waals surface area (Å²) in [6.45, 7) is 6.87. The number of aromatic nitrogens is 2. The van der Waals surface area contributed by atoms with Gasteiger partial charge in [-0.25, -0.2) is 0 Å². The van der Waals surface area contributed by atoms with E-state index in [9.17, 15) is 5.11 Å². The minimum absolute atomic E-state index is 0.434. The fraction of sp³-hybridized carbons (Fsp3) is 0.438. The molecule has 4 heteroatoms. The zero-order valence-corrected chi connectivity index (χ0v) is 12.9. The molecule has 2 aromatic rings. The molecular weight excluding hydrogens is 272 g/mol. The van der Waals surface area contributed by atoms with Crippen molar-refractivity contribution in [3.8, 4) is 0 Å². The number of aryl methyl sites for hydroxylation is 1. The van der Waals surface area contributed by atoms with Gasteiger partial charge in [-0.15, -0.1) is 0 Å². The van der Waals surface area contributed by atoms with E-state index >= 15 is 0 Å². The number of halogens is 1. The molecule has 0 fully saturated rings. The first-order valence-electron chi connectivity index (χ1n) is 6.93. The molecule has 0 saturated carbocycles. The maximum atomic E-state index is 10.8. The van der Waals surface area contributed by atoms with Gasteiger partial charge in [0.25, 0.3) is 0 Å². The Bertz CT molecular complexity index is 563. The van der Waals surface area contributed by atoms with Crippen molar-refractivity contribution < 1.29 is 5.11 Å². The van der Waals surface area contributed by atoms with E-state index in [2.05, 4.69) is 12.0 Å². The summed E-state index contributed by atoms with van der Waals surface area (Å²) in [5.41, 5.74) is 1.34. The van der Waals surface area contributed by atoms with Crippen molar-refractivity contribution in [2.45, 2.75) is 45.3 Å². The number of hydrogen-bond donors (Lipinski definition) is 1. The fourth-order valence-electron chi connectivity index (χ4n) is 2.40. The number of nitrogens with zero attached hydrogens (tertiary/aromatic N) is 2. The highest BCUT2D eigenvalue weighted by Gasteiger charge is 2.34. The van der Waals surface area contributed by atoms with Crippen molar-refractivity contribution in [3.05, 3.63) is 52.8 Å². The quantitative estimate of drug-likeness (QED) is 0.906. The van der Waals surface area contributed by atoms with Crippen LogP contribution in [0.15, 0.2) is 36.5 Å². The first-order chi connectivity index (χ1) is 9.48. The zero-order chi connectivity index (χ0) is 14.8. The molecule has 0 aliphatic rings. The van der Waals surface area contributed by atoms with Gasteiger partial charge in [-0.3, -0.25) is 4.68 Å². The van der Waals surface area contributed by atoms with Gasteiger partial charge in [-0.2, -0.15) is 5.10 Å². The highest BCUT2D eigenvalue weighted by molar-refractivity contribution is 6.31. The predicted octanol–water partition coefficient (Wildman–Crippen LogP) is 3.96. The molecule has 0 radical (unpaired) electrons. The minimum Gasteiger partial charge on any atom is -0.386 e. The second-order valence-electron chi connectivity index (χ2n) is 5.59. The van der Waals surface area contributed by atoms with Crippen LogP contribution in [0.25, 0.3) is 0 Å². The largest absolute Gasteiger partial charge is 0.386 e. The van der Waals surface area contributed by atoms with Gasteiger partial charge in [0.1, 0.15) is 6.10 Å². The van der Waals surface area contributed by atoms with E-state index < -0.39 is 11.5 Å². The average molecular weight is 293 g/mol. The topological polar surface area (TPSA) is 38.0 Å². The third kappa shape index (κ3) is 2.74. The Morgan fingerprint density at radius 1 is 1.30 bits per heavy atom. The summed E-state index contributed by atoms with van der Waals surface area (Å²) in [6, 6.07) is 9.99. The Balaban J connectivity index is 2.40. The van der Waals surface area contributed by atoms with Crippen molar-refractivity contribution >= 4 is 11.6 Å². The lowest BCUT2D eigenvalue weighted by Crippen LogP contribution is -2.29. The molecule has 1 aromatic heterocycles. The van der Waals surface area contributed by atoms with E-state index in [-0.39, 0.29) is 0 Å². The lowest BCUT2D eigenvalue weighted by Gasteiger charge is -2.31. The Hall–Kier alpha value is -1.32. The fourth-order valence-corrected chi connectivity index (χ4v) is 2.65. The van der Waals surface area contributed by atoms with Crippen LogP contribution in [0.2, 0.25) is 5.02 Å². The zero-order valence-electron chi connectivity index (χ0n) is 12.2. The van der Waals surface area contributed by atoms with Gasteiger partial charge in [-0.1, -0.05) is 62.7 Å². The van der Waals surface area contributed by atoms with Gasteiger partial charge < -0.3 is 5.11 Å². The van der Waals surface area contributed by atoms with Crippen LogP contribution in [0, 0.1) is 0 Å². The molecule has 1 N–H and O–H groups in total. The number of aliphatic hydroxyl groups is 1. The van der Waals surface area contributed by atoms with Gasteiger partial charge in [0.15, 0.2) is 0 Å².